The highest BCUT2D eigenvalue weighted by Gasteiger charge is 2.34. The normalized spacial score (nSPS) is 28.9. The van der Waals surface area contributed by atoms with Crippen molar-refractivity contribution in [3.63, 3.8) is 0 Å². The van der Waals surface area contributed by atoms with Crippen LogP contribution in [0.25, 0.3) is 0 Å². The average Bonchev–Trinajstić information content (AvgIpc) is 2.93. The minimum absolute atomic E-state index is 0.0289. The van der Waals surface area contributed by atoms with Crippen molar-refractivity contribution in [2.45, 2.75) is 63.6 Å². The van der Waals surface area contributed by atoms with E-state index in [0.29, 0.717) is 29.7 Å². The zero-order valence-corrected chi connectivity index (χ0v) is 12.5. The zero-order chi connectivity index (χ0) is 14.3. The third-order valence-corrected chi connectivity index (χ3v) is 4.55. The Balaban J connectivity index is 1.66. The molecule has 2 aliphatic rings. The predicted octanol–water partition coefficient (Wildman–Crippen LogP) is 1.56. The molecule has 0 aromatic carbocycles. The summed E-state index contributed by atoms with van der Waals surface area (Å²) in [6.45, 7) is 4.23. The summed E-state index contributed by atoms with van der Waals surface area (Å²) in [5.41, 5.74) is 1.64. The van der Waals surface area contributed by atoms with E-state index in [-0.39, 0.29) is 5.91 Å². The molecule has 2 fully saturated rings. The molecule has 0 spiro atoms. The number of aromatic nitrogens is 2. The minimum Gasteiger partial charge on any atom is -0.348 e. The number of piperidine rings is 1. The Morgan fingerprint density at radius 3 is 2.60 bits per heavy atom. The van der Waals surface area contributed by atoms with Crippen molar-refractivity contribution in [3.8, 4) is 0 Å². The van der Waals surface area contributed by atoms with Crippen molar-refractivity contribution in [3.05, 3.63) is 17.5 Å². The fourth-order valence-electron chi connectivity index (χ4n) is 3.57. The Labute approximate surface area is 120 Å². The van der Waals surface area contributed by atoms with Crippen molar-refractivity contribution in [2.75, 3.05) is 0 Å². The Morgan fingerprint density at radius 1 is 1.40 bits per heavy atom. The second-order valence-electron chi connectivity index (χ2n) is 6.51. The molecule has 1 aromatic rings. The first-order chi connectivity index (χ1) is 9.52. The van der Waals surface area contributed by atoms with Gasteiger partial charge in [-0.2, -0.15) is 5.10 Å². The van der Waals surface area contributed by atoms with E-state index in [0.717, 1.165) is 18.5 Å². The second kappa shape index (κ2) is 5.20. The molecule has 1 amide bonds. The maximum absolute atomic E-state index is 12.3. The van der Waals surface area contributed by atoms with Crippen LogP contribution in [0.1, 0.15) is 61.6 Å². The molecule has 20 heavy (non-hydrogen) atoms. The lowest BCUT2D eigenvalue weighted by molar-refractivity contribution is 0.0918. The predicted molar refractivity (Wildman–Crippen MR) is 77.7 cm³/mol. The number of nitrogens with zero attached hydrogens (tertiary/aromatic N) is 2. The summed E-state index contributed by atoms with van der Waals surface area (Å²) in [6, 6.07) is 3.39. The molecule has 3 rings (SSSR count). The van der Waals surface area contributed by atoms with Crippen LogP contribution in [0.5, 0.6) is 0 Å². The molecule has 2 N–H and O–H groups in total. The van der Waals surface area contributed by atoms with Gasteiger partial charge in [0.2, 0.25) is 0 Å². The summed E-state index contributed by atoms with van der Waals surface area (Å²) in [7, 11) is 1.90. The Kier molecular flexibility index (Phi) is 3.54. The van der Waals surface area contributed by atoms with Gasteiger partial charge in [-0.05, 0) is 37.7 Å². The van der Waals surface area contributed by atoms with Gasteiger partial charge in [0, 0.05) is 30.9 Å². The number of amides is 1. The quantitative estimate of drug-likeness (QED) is 0.881. The molecule has 1 aromatic heterocycles. The van der Waals surface area contributed by atoms with E-state index in [1.165, 1.54) is 12.8 Å². The van der Waals surface area contributed by atoms with Gasteiger partial charge >= 0.3 is 0 Å². The summed E-state index contributed by atoms with van der Waals surface area (Å²) in [6.07, 6.45) is 4.59. The van der Waals surface area contributed by atoms with Crippen LogP contribution in [-0.4, -0.2) is 33.8 Å². The SMILES string of the molecule is CC(C)c1cc(C(=O)NC2CC3CCC(C2)N3)nn1C. The molecule has 5 heteroatoms. The van der Waals surface area contributed by atoms with Crippen LogP contribution in [-0.2, 0) is 7.05 Å². The molecule has 5 nitrogen and oxygen atoms in total. The van der Waals surface area contributed by atoms with Gasteiger partial charge < -0.3 is 10.6 Å². The van der Waals surface area contributed by atoms with Gasteiger partial charge in [0.1, 0.15) is 5.69 Å². The van der Waals surface area contributed by atoms with Gasteiger partial charge in [0.15, 0.2) is 0 Å². The lowest BCUT2D eigenvalue weighted by Gasteiger charge is -2.29. The van der Waals surface area contributed by atoms with Crippen LogP contribution >= 0.6 is 0 Å². The number of fused-ring (bicyclic) bond motifs is 2. The molecule has 0 aliphatic carbocycles. The zero-order valence-electron chi connectivity index (χ0n) is 12.5. The Bertz CT molecular complexity index is 496. The molecule has 2 unspecified atom stereocenters. The number of rotatable bonds is 3. The molecule has 0 saturated carbocycles. The monoisotopic (exact) mass is 276 g/mol. The molecule has 2 atom stereocenters. The third-order valence-electron chi connectivity index (χ3n) is 4.55. The van der Waals surface area contributed by atoms with Gasteiger partial charge in [-0.15, -0.1) is 0 Å². The van der Waals surface area contributed by atoms with Crippen molar-refractivity contribution in [1.29, 1.82) is 0 Å². The fourth-order valence-corrected chi connectivity index (χ4v) is 3.57. The van der Waals surface area contributed by atoms with Gasteiger partial charge in [0.05, 0.1) is 0 Å². The first kappa shape index (κ1) is 13.6. The van der Waals surface area contributed by atoms with Crippen LogP contribution in [0, 0.1) is 0 Å². The van der Waals surface area contributed by atoms with E-state index in [1.807, 2.05) is 17.8 Å². The highest BCUT2D eigenvalue weighted by molar-refractivity contribution is 5.92. The van der Waals surface area contributed by atoms with Crippen molar-refractivity contribution in [2.24, 2.45) is 7.05 Å². The number of carbonyl (C=O) groups is 1. The third kappa shape index (κ3) is 2.59. The van der Waals surface area contributed by atoms with Crippen LogP contribution in [0.15, 0.2) is 6.07 Å². The Hall–Kier alpha value is -1.36. The highest BCUT2D eigenvalue weighted by atomic mass is 16.2. The van der Waals surface area contributed by atoms with Gasteiger partial charge in [0.25, 0.3) is 5.91 Å². The molecule has 3 heterocycles. The summed E-state index contributed by atoms with van der Waals surface area (Å²) >= 11 is 0. The summed E-state index contributed by atoms with van der Waals surface area (Å²) in [5.74, 6) is 0.350. The summed E-state index contributed by atoms with van der Waals surface area (Å²) in [4.78, 5) is 12.3. The first-order valence-corrected chi connectivity index (χ1v) is 7.63. The van der Waals surface area contributed by atoms with E-state index >= 15 is 0 Å². The first-order valence-electron chi connectivity index (χ1n) is 7.63. The van der Waals surface area contributed by atoms with Crippen LogP contribution < -0.4 is 10.6 Å². The lowest BCUT2D eigenvalue weighted by atomic mass is 9.99. The second-order valence-corrected chi connectivity index (χ2v) is 6.51. The van der Waals surface area contributed by atoms with Crippen LogP contribution in [0.3, 0.4) is 0 Å². The highest BCUT2D eigenvalue weighted by Crippen LogP contribution is 2.27. The average molecular weight is 276 g/mol. The molecule has 2 aliphatic heterocycles. The maximum Gasteiger partial charge on any atom is 0.272 e. The van der Waals surface area contributed by atoms with Crippen molar-refractivity contribution < 1.29 is 4.79 Å². The van der Waals surface area contributed by atoms with Crippen molar-refractivity contribution in [1.82, 2.24) is 20.4 Å². The summed E-state index contributed by atoms with van der Waals surface area (Å²) < 4.78 is 1.81. The van der Waals surface area contributed by atoms with Crippen molar-refractivity contribution >= 4 is 5.91 Å². The smallest absolute Gasteiger partial charge is 0.272 e. The Morgan fingerprint density at radius 2 is 2.05 bits per heavy atom. The molecular weight excluding hydrogens is 252 g/mol. The van der Waals surface area contributed by atoms with E-state index in [2.05, 4.69) is 29.6 Å². The van der Waals surface area contributed by atoms with Crippen LogP contribution in [0.2, 0.25) is 0 Å². The van der Waals surface area contributed by atoms with E-state index in [1.54, 1.807) is 0 Å². The standard InChI is InChI=1S/C15H24N4O/c1-9(2)14-8-13(18-19(14)3)15(20)17-12-6-10-4-5-11(7-12)16-10/h8-12,16H,4-7H2,1-3H3,(H,17,20). The van der Waals surface area contributed by atoms with E-state index in [9.17, 15) is 4.79 Å². The number of carbonyl (C=O) groups excluding carboxylic acids is 1. The topological polar surface area (TPSA) is 59.0 Å². The molecule has 0 radical (unpaired) electrons. The minimum atomic E-state index is -0.0289. The van der Waals surface area contributed by atoms with E-state index < -0.39 is 0 Å². The van der Waals surface area contributed by atoms with Gasteiger partial charge in [-0.3, -0.25) is 9.48 Å². The number of hydrogen-bond donors (Lipinski definition) is 2. The van der Waals surface area contributed by atoms with E-state index in [4.69, 9.17) is 0 Å². The lowest BCUT2D eigenvalue weighted by Crippen LogP contribution is -2.48. The molecule has 110 valence electrons. The largest absolute Gasteiger partial charge is 0.348 e. The fraction of sp³-hybridized carbons (Fsp3) is 0.733. The van der Waals surface area contributed by atoms with Gasteiger partial charge in [-0.1, -0.05) is 13.8 Å². The number of nitrogens with one attached hydrogen (secondary N) is 2. The van der Waals surface area contributed by atoms with Gasteiger partial charge in [-0.25, -0.2) is 0 Å². The summed E-state index contributed by atoms with van der Waals surface area (Å²) in [5, 5.41) is 11.1. The molecule has 2 bridgehead atoms. The van der Waals surface area contributed by atoms with Crippen LogP contribution in [0.4, 0.5) is 0 Å². The molecular formula is C15H24N4O. The number of aryl methyl sites for hydroxylation is 1. The molecule has 2 saturated heterocycles. The maximum atomic E-state index is 12.3. The number of hydrogen-bond acceptors (Lipinski definition) is 3.